The summed E-state index contributed by atoms with van der Waals surface area (Å²) < 4.78 is 11.4. The van der Waals surface area contributed by atoms with Crippen molar-refractivity contribution in [3.05, 3.63) is 35.9 Å². The van der Waals surface area contributed by atoms with Crippen LogP contribution in [0.5, 0.6) is 5.75 Å². The van der Waals surface area contributed by atoms with Crippen molar-refractivity contribution in [3.63, 3.8) is 0 Å². The minimum Gasteiger partial charge on any atom is -0.492 e. The molecule has 1 fully saturated rings. The molecule has 0 saturated carbocycles. The van der Waals surface area contributed by atoms with Crippen molar-refractivity contribution in [1.29, 1.82) is 0 Å². The highest BCUT2D eigenvalue weighted by Gasteiger charge is 2.15. The number of anilines is 1. The van der Waals surface area contributed by atoms with Crippen LogP contribution in [0.2, 0.25) is 0 Å². The smallest absolute Gasteiger partial charge is 0.127 e. The Labute approximate surface area is 142 Å². The maximum absolute atomic E-state index is 6.07. The summed E-state index contributed by atoms with van der Waals surface area (Å²) in [6.45, 7) is 8.99. The molecule has 0 atom stereocenters. The highest BCUT2D eigenvalue weighted by Crippen LogP contribution is 2.34. The maximum Gasteiger partial charge on any atom is 0.127 e. The number of morpholine rings is 1. The van der Waals surface area contributed by atoms with Gasteiger partial charge in [-0.2, -0.15) is 0 Å². The molecule has 0 spiro atoms. The molecule has 0 aliphatic carbocycles. The van der Waals surface area contributed by atoms with Gasteiger partial charge in [-0.25, -0.2) is 9.97 Å². The van der Waals surface area contributed by atoms with Crippen LogP contribution < -0.4 is 10.5 Å². The molecule has 24 heavy (non-hydrogen) atoms. The van der Waals surface area contributed by atoms with Crippen molar-refractivity contribution in [1.82, 2.24) is 14.9 Å². The Kier molecular flexibility index (Phi) is 5.27. The Morgan fingerprint density at radius 2 is 1.88 bits per heavy atom. The van der Waals surface area contributed by atoms with Gasteiger partial charge in [-0.1, -0.05) is 0 Å². The largest absolute Gasteiger partial charge is 0.492 e. The first kappa shape index (κ1) is 16.7. The van der Waals surface area contributed by atoms with Gasteiger partial charge < -0.3 is 15.2 Å². The molecular weight excluding hydrogens is 304 g/mol. The first-order valence-electron chi connectivity index (χ1n) is 8.26. The lowest BCUT2D eigenvalue weighted by molar-refractivity contribution is 0.0323. The molecule has 1 aromatic carbocycles. The van der Waals surface area contributed by atoms with Crippen LogP contribution in [-0.2, 0) is 4.74 Å². The minimum absolute atomic E-state index is 0.628. The molecule has 1 aromatic heterocycles. The zero-order valence-corrected chi connectivity index (χ0v) is 14.3. The van der Waals surface area contributed by atoms with Gasteiger partial charge in [-0.3, -0.25) is 4.90 Å². The molecule has 2 N–H and O–H groups in total. The van der Waals surface area contributed by atoms with Crippen molar-refractivity contribution in [2.24, 2.45) is 0 Å². The highest BCUT2D eigenvalue weighted by molar-refractivity contribution is 5.76. The SMILES string of the molecule is Cc1ncnc(C)c1-c1cc(N)ccc1OCCN1CCOCC1. The van der Waals surface area contributed by atoms with E-state index in [0.29, 0.717) is 12.3 Å². The van der Waals surface area contributed by atoms with Crippen LogP contribution in [0.25, 0.3) is 11.1 Å². The van der Waals surface area contributed by atoms with Crippen LogP contribution in [0.3, 0.4) is 0 Å². The van der Waals surface area contributed by atoms with Crippen molar-refractivity contribution >= 4 is 5.69 Å². The third kappa shape index (κ3) is 3.83. The number of aromatic nitrogens is 2. The van der Waals surface area contributed by atoms with E-state index in [1.165, 1.54) is 0 Å². The molecule has 6 heteroatoms. The Morgan fingerprint density at radius 3 is 2.58 bits per heavy atom. The van der Waals surface area contributed by atoms with Gasteiger partial charge >= 0.3 is 0 Å². The van der Waals surface area contributed by atoms with Gasteiger partial charge in [-0.15, -0.1) is 0 Å². The highest BCUT2D eigenvalue weighted by atomic mass is 16.5. The number of hydrogen-bond acceptors (Lipinski definition) is 6. The molecule has 3 rings (SSSR count). The molecule has 1 aliphatic heterocycles. The number of nitrogens with two attached hydrogens (primary N) is 1. The predicted octanol–water partition coefficient (Wildman–Crippen LogP) is 2.05. The number of aryl methyl sites for hydroxylation is 2. The average molecular weight is 328 g/mol. The van der Waals surface area contributed by atoms with Gasteiger partial charge in [0.1, 0.15) is 18.7 Å². The topological polar surface area (TPSA) is 73.5 Å². The van der Waals surface area contributed by atoms with Gasteiger partial charge in [0.25, 0.3) is 0 Å². The van der Waals surface area contributed by atoms with Crippen LogP contribution in [0.4, 0.5) is 5.69 Å². The van der Waals surface area contributed by atoms with E-state index in [-0.39, 0.29) is 0 Å². The van der Waals surface area contributed by atoms with Crippen LogP contribution >= 0.6 is 0 Å². The second-order valence-electron chi connectivity index (χ2n) is 5.98. The van der Waals surface area contributed by atoms with Crippen molar-refractivity contribution in [2.75, 3.05) is 45.2 Å². The first-order valence-corrected chi connectivity index (χ1v) is 8.26. The molecule has 1 saturated heterocycles. The molecular formula is C18H24N4O2. The summed E-state index contributed by atoms with van der Waals surface area (Å²) in [7, 11) is 0. The molecule has 128 valence electrons. The average Bonchev–Trinajstić information content (AvgIpc) is 2.57. The minimum atomic E-state index is 0.628. The number of benzene rings is 1. The van der Waals surface area contributed by atoms with Crippen LogP contribution in [0, 0.1) is 13.8 Å². The van der Waals surface area contributed by atoms with Gasteiger partial charge in [0.15, 0.2) is 0 Å². The van der Waals surface area contributed by atoms with Crippen molar-refractivity contribution in [2.45, 2.75) is 13.8 Å². The fourth-order valence-electron chi connectivity index (χ4n) is 2.96. The van der Waals surface area contributed by atoms with E-state index in [2.05, 4.69) is 14.9 Å². The third-order valence-electron chi connectivity index (χ3n) is 4.27. The predicted molar refractivity (Wildman–Crippen MR) is 94.1 cm³/mol. The van der Waals surface area contributed by atoms with Crippen LogP contribution in [0.15, 0.2) is 24.5 Å². The zero-order valence-electron chi connectivity index (χ0n) is 14.3. The standard InChI is InChI=1S/C18H24N4O2/c1-13-18(14(2)21-12-20-13)16-11-15(19)3-4-17(16)24-10-7-22-5-8-23-9-6-22/h3-4,11-12H,5-10,19H2,1-2H3. The van der Waals surface area contributed by atoms with Crippen molar-refractivity contribution < 1.29 is 9.47 Å². The van der Waals surface area contributed by atoms with Crippen LogP contribution in [0.1, 0.15) is 11.4 Å². The summed E-state index contributed by atoms with van der Waals surface area (Å²) in [6.07, 6.45) is 1.58. The summed E-state index contributed by atoms with van der Waals surface area (Å²) in [5, 5.41) is 0. The number of hydrogen-bond donors (Lipinski definition) is 1. The van der Waals surface area contributed by atoms with Gasteiger partial charge in [0.05, 0.1) is 13.2 Å². The molecule has 1 aliphatic rings. The first-order chi connectivity index (χ1) is 11.6. The van der Waals surface area contributed by atoms with E-state index in [9.17, 15) is 0 Å². The second-order valence-corrected chi connectivity index (χ2v) is 5.98. The lowest BCUT2D eigenvalue weighted by Gasteiger charge is -2.26. The summed E-state index contributed by atoms with van der Waals surface area (Å²) in [6, 6.07) is 5.72. The molecule has 2 heterocycles. The number of ether oxygens (including phenoxy) is 2. The molecule has 0 bridgehead atoms. The summed E-state index contributed by atoms with van der Waals surface area (Å²) in [5.74, 6) is 0.818. The third-order valence-corrected chi connectivity index (χ3v) is 4.27. The second kappa shape index (κ2) is 7.59. The van der Waals surface area contributed by atoms with Gasteiger partial charge in [-0.05, 0) is 32.0 Å². The molecule has 6 nitrogen and oxygen atoms in total. The molecule has 0 radical (unpaired) electrons. The Balaban J connectivity index is 1.78. The Bertz CT molecular complexity index is 679. The Hall–Kier alpha value is -2.18. The summed E-state index contributed by atoms with van der Waals surface area (Å²) >= 11 is 0. The monoisotopic (exact) mass is 328 g/mol. The van der Waals surface area contributed by atoms with E-state index in [4.69, 9.17) is 15.2 Å². The fraction of sp³-hybridized carbons (Fsp3) is 0.444. The number of nitrogen functional groups attached to an aromatic ring is 1. The van der Waals surface area contributed by atoms with E-state index in [1.807, 2.05) is 32.0 Å². The van der Waals surface area contributed by atoms with Gasteiger partial charge in [0.2, 0.25) is 0 Å². The summed E-state index contributed by atoms with van der Waals surface area (Å²) in [4.78, 5) is 11.0. The Morgan fingerprint density at radius 1 is 1.17 bits per heavy atom. The zero-order chi connectivity index (χ0) is 16.9. The van der Waals surface area contributed by atoms with E-state index < -0.39 is 0 Å². The van der Waals surface area contributed by atoms with Gasteiger partial charge in [0, 0.05) is 47.8 Å². The maximum atomic E-state index is 6.07. The van der Waals surface area contributed by atoms with E-state index in [0.717, 1.165) is 61.1 Å². The molecule has 0 unspecified atom stereocenters. The summed E-state index contributed by atoms with van der Waals surface area (Å²) in [5.41, 5.74) is 10.5. The fourth-order valence-corrected chi connectivity index (χ4v) is 2.96. The molecule has 2 aromatic rings. The quantitative estimate of drug-likeness (QED) is 0.847. The molecule has 0 amide bonds. The number of rotatable bonds is 5. The van der Waals surface area contributed by atoms with Crippen LogP contribution in [-0.4, -0.2) is 54.3 Å². The van der Waals surface area contributed by atoms with E-state index in [1.54, 1.807) is 6.33 Å². The van der Waals surface area contributed by atoms with Crippen molar-refractivity contribution in [3.8, 4) is 16.9 Å². The van der Waals surface area contributed by atoms with E-state index >= 15 is 0 Å². The number of nitrogens with zero attached hydrogens (tertiary/aromatic N) is 3. The lowest BCUT2D eigenvalue weighted by atomic mass is 10.0. The normalized spacial score (nSPS) is 15.4. The lowest BCUT2D eigenvalue weighted by Crippen LogP contribution is -2.38.